The zero-order valence-electron chi connectivity index (χ0n) is 17.4. The molecular weight excluding hydrogens is 388 g/mol. The molecule has 1 heterocycles. The summed E-state index contributed by atoms with van der Waals surface area (Å²) in [5.74, 6) is 0.881. The van der Waals surface area contributed by atoms with Crippen LogP contribution in [0.1, 0.15) is 41.3 Å². The largest absolute Gasteiger partial charge is 0.497 e. The predicted molar refractivity (Wildman–Crippen MR) is 114 cm³/mol. The Balaban J connectivity index is 1.89. The van der Waals surface area contributed by atoms with Gasteiger partial charge in [0.2, 0.25) is 10.0 Å². The SMILES string of the molecule is COc1ccc(NC(=O)c2cc(C)c(C)c(S(=O)(=O)N3CCC(C)CC3)c2)cc1. The molecule has 29 heavy (non-hydrogen) atoms. The molecule has 0 spiro atoms. The molecule has 3 rings (SSSR count). The fourth-order valence-electron chi connectivity index (χ4n) is 3.47. The lowest BCUT2D eigenvalue weighted by molar-refractivity contribution is 0.102. The van der Waals surface area contributed by atoms with Crippen LogP contribution in [0.4, 0.5) is 5.69 Å². The zero-order chi connectivity index (χ0) is 21.2. The quantitative estimate of drug-likeness (QED) is 0.800. The molecule has 1 aliphatic heterocycles. The van der Waals surface area contributed by atoms with Gasteiger partial charge in [0, 0.05) is 24.3 Å². The summed E-state index contributed by atoms with van der Waals surface area (Å²) >= 11 is 0. The Morgan fingerprint density at radius 3 is 2.31 bits per heavy atom. The van der Waals surface area contributed by atoms with Gasteiger partial charge in [-0.05, 0) is 80.1 Å². The topological polar surface area (TPSA) is 75.7 Å². The molecule has 1 saturated heterocycles. The van der Waals surface area contributed by atoms with E-state index >= 15 is 0 Å². The van der Waals surface area contributed by atoms with Crippen molar-refractivity contribution in [3.8, 4) is 5.75 Å². The summed E-state index contributed by atoms with van der Waals surface area (Å²) in [5.41, 5.74) is 2.40. The first kappa shape index (κ1) is 21.3. The molecule has 0 atom stereocenters. The second-order valence-electron chi connectivity index (χ2n) is 7.69. The molecule has 0 aliphatic carbocycles. The molecule has 1 N–H and O–H groups in total. The Labute approximate surface area is 172 Å². The normalized spacial score (nSPS) is 15.9. The summed E-state index contributed by atoms with van der Waals surface area (Å²) in [5, 5.41) is 2.82. The average Bonchev–Trinajstić information content (AvgIpc) is 2.70. The van der Waals surface area contributed by atoms with E-state index in [0.717, 1.165) is 18.4 Å². The van der Waals surface area contributed by atoms with Crippen molar-refractivity contribution >= 4 is 21.6 Å². The van der Waals surface area contributed by atoms with Crippen molar-refractivity contribution in [2.45, 2.75) is 38.5 Å². The molecular formula is C22H28N2O4S. The van der Waals surface area contributed by atoms with Crippen molar-refractivity contribution in [2.75, 3.05) is 25.5 Å². The van der Waals surface area contributed by atoms with Crippen LogP contribution < -0.4 is 10.1 Å². The summed E-state index contributed by atoms with van der Waals surface area (Å²) in [6.45, 7) is 6.80. The maximum atomic E-state index is 13.3. The number of sulfonamides is 1. The number of nitrogens with zero attached hydrogens (tertiary/aromatic N) is 1. The Morgan fingerprint density at radius 2 is 1.72 bits per heavy atom. The van der Waals surface area contributed by atoms with Crippen molar-refractivity contribution in [3.63, 3.8) is 0 Å². The summed E-state index contributed by atoms with van der Waals surface area (Å²) in [6.07, 6.45) is 1.71. The fourth-order valence-corrected chi connectivity index (χ4v) is 5.26. The number of aryl methyl sites for hydroxylation is 1. The van der Waals surface area contributed by atoms with Crippen LogP contribution in [-0.4, -0.2) is 38.8 Å². The number of hydrogen-bond donors (Lipinski definition) is 1. The van der Waals surface area contributed by atoms with Crippen molar-refractivity contribution in [1.29, 1.82) is 0 Å². The summed E-state index contributed by atoms with van der Waals surface area (Å²) < 4.78 is 33.2. The minimum atomic E-state index is -3.64. The third-order valence-electron chi connectivity index (χ3n) is 5.59. The molecule has 1 amide bonds. The lowest BCUT2D eigenvalue weighted by atomic mass is 10.0. The van der Waals surface area contributed by atoms with E-state index in [0.29, 0.717) is 41.6 Å². The van der Waals surface area contributed by atoms with E-state index in [-0.39, 0.29) is 10.8 Å². The Morgan fingerprint density at radius 1 is 1.10 bits per heavy atom. The summed E-state index contributed by atoms with van der Waals surface area (Å²) in [7, 11) is -2.06. The number of anilines is 1. The van der Waals surface area contributed by atoms with E-state index in [1.54, 1.807) is 48.7 Å². The van der Waals surface area contributed by atoms with Gasteiger partial charge in [0.1, 0.15) is 5.75 Å². The van der Waals surface area contributed by atoms with E-state index < -0.39 is 10.0 Å². The van der Waals surface area contributed by atoms with Crippen molar-refractivity contribution in [3.05, 3.63) is 53.1 Å². The monoisotopic (exact) mass is 416 g/mol. The molecule has 0 bridgehead atoms. The van der Waals surface area contributed by atoms with Gasteiger partial charge in [-0.15, -0.1) is 0 Å². The first-order valence-corrected chi connectivity index (χ1v) is 11.2. The Bertz CT molecular complexity index is 992. The number of piperidine rings is 1. The Hall–Kier alpha value is -2.38. The molecule has 0 radical (unpaired) electrons. The second-order valence-corrected chi connectivity index (χ2v) is 9.59. The van der Waals surface area contributed by atoms with Crippen LogP contribution in [0.15, 0.2) is 41.3 Å². The number of amides is 1. The number of carbonyl (C=O) groups is 1. The number of methoxy groups -OCH3 is 1. The highest BCUT2D eigenvalue weighted by Crippen LogP contribution is 2.28. The van der Waals surface area contributed by atoms with E-state index in [1.807, 2.05) is 6.92 Å². The highest BCUT2D eigenvalue weighted by molar-refractivity contribution is 7.89. The van der Waals surface area contributed by atoms with Crippen molar-refractivity contribution in [2.24, 2.45) is 5.92 Å². The van der Waals surface area contributed by atoms with E-state index in [4.69, 9.17) is 4.74 Å². The standard InChI is InChI=1S/C22H28N2O4S/c1-15-9-11-24(12-10-15)29(26,27)21-14-18(13-16(2)17(21)3)22(25)23-19-5-7-20(28-4)8-6-19/h5-8,13-15H,9-12H2,1-4H3,(H,23,25). The van der Waals surface area contributed by atoms with Crippen LogP contribution in [0.25, 0.3) is 0 Å². The fraction of sp³-hybridized carbons (Fsp3) is 0.409. The van der Waals surface area contributed by atoms with Crippen LogP contribution in [0, 0.1) is 19.8 Å². The molecule has 1 fully saturated rings. The van der Waals surface area contributed by atoms with Gasteiger partial charge < -0.3 is 10.1 Å². The Kier molecular flexibility index (Phi) is 6.29. The summed E-state index contributed by atoms with van der Waals surface area (Å²) in [6, 6.07) is 10.2. The number of nitrogens with one attached hydrogen (secondary N) is 1. The van der Waals surface area contributed by atoms with Crippen LogP contribution in [-0.2, 0) is 10.0 Å². The number of carbonyl (C=O) groups excluding carboxylic acids is 1. The highest BCUT2D eigenvalue weighted by atomic mass is 32.2. The van der Waals surface area contributed by atoms with Gasteiger partial charge in [0.05, 0.1) is 12.0 Å². The average molecular weight is 417 g/mol. The van der Waals surface area contributed by atoms with Crippen LogP contribution in [0.2, 0.25) is 0 Å². The molecule has 0 unspecified atom stereocenters. The maximum Gasteiger partial charge on any atom is 0.255 e. The minimum absolute atomic E-state index is 0.215. The van der Waals surface area contributed by atoms with E-state index in [9.17, 15) is 13.2 Å². The zero-order valence-corrected chi connectivity index (χ0v) is 18.2. The first-order chi connectivity index (χ1) is 13.7. The van der Waals surface area contributed by atoms with Crippen molar-refractivity contribution < 1.29 is 17.9 Å². The molecule has 156 valence electrons. The van der Waals surface area contributed by atoms with E-state index in [2.05, 4.69) is 12.2 Å². The molecule has 2 aromatic rings. The van der Waals surface area contributed by atoms with Gasteiger partial charge in [0.25, 0.3) is 5.91 Å². The molecule has 6 nitrogen and oxygen atoms in total. The van der Waals surface area contributed by atoms with Gasteiger partial charge in [0.15, 0.2) is 0 Å². The van der Waals surface area contributed by atoms with Gasteiger partial charge in [-0.25, -0.2) is 8.42 Å². The van der Waals surface area contributed by atoms with Crippen LogP contribution >= 0.6 is 0 Å². The van der Waals surface area contributed by atoms with Gasteiger partial charge >= 0.3 is 0 Å². The van der Waals surface area contributed by atoms with Crippen LogP contribution in [0.5, 0.6) is 5.75 Å². The smallest absolute Gasteiger partial charge is 0.255 e. The molecule has 7 heteroatoms. The number of rotatable bonds is 5. The minimum Gasteiger partial charge on any atom is -0.497 e. The first-order valence-electron chi connectivity index (χ1n) is 9.79. The van der Waals surface area contributed by atoms with Gasteiger partial charge in [-0.2, -0.15) is 4.31 Å². The third-order valence-corrected chi connectivity index (χ3v) is 7.62. The van der Waals surface area contributed by atoms with E-state index in [1.165, 1.54) is 6.07 Å². The highest BCUT2D eigenvalue weighted by Gasteiger charge is 2.30. The lowest BCUT2D eigenvalue weighted by Gasteiger charge is -2.30. The van der Waals surface area contributed by atoms with Gasteiger partial charge in [-0.3, -0.25) is 4.79 Å². The number of benzene rings is 2. The second kappa shape index (κ2) is 8.55. The molecule has 0 aromatic heterocycles. The number of ether oxygens (including phenoxy) is 1. The maximum absolute atomic E-state index is 13.3. The predicted octanol–water partition coefficient (Wildman–Crippen LogP) is 3.98. The molecule has 2 aromatic carbocycles. The number of hydrogen-bond acceptors (Lipinski definition) is 4. The molecule has 0 saturated carbocycles. The molecule has 1 aliphatic rings. The van der Waals surface area contributed by atoms with Crippen LogP contribution in [0.3, 0.4) is 0 Å². The van der Waals surface area contributed by atoms with Gasteiger partial charge in [-0.1, -0.05) is 6.92 Å². The lowest BCUT2D eigenvalue weighted by Crippen LogP contribution is -2.38. The van der Waals surface area contributed by atoms with Crippen molar-refractivity contribution in [1.82, 2.24) is 4.31 Å². The third kappa shape index (κ3) is 4.62. The summed E-state index contributed by atoms with van der Waals surface area (Å²) in [4.78, 5) is 13.0.